The van der Waals surface area contributed by atoms with E-state index in [1.54, 1.807) is 16.8 Å². The molecule has 0 aliphatic heterocycles. The Morgan fingerprint density at radius 2 is 1.84 bits per heavy atom. The Balaban J connectivity index is 2.79. The maximum absolute atomic E-state index is 12.3. The van der Waals surface area contributed by atoms with Crippen LogP contribution in [0, 0.1) is 0 Å². The van der Waals surface area contributed by atoms with Crippen molar-refractivity contribution in [3.8, 4) is 0 Å². The van der Waals surface area contributed by atoms with Gasteiger partial charge in [-0.3, -0.25) is 9.69 Å². The molecular formula is C14H20N2O3. The molecule has 1 rings (SSSR count). The third-order valence-corrected chi connectivity index (χ3v) is 2.87. The zero-order valence-electron chi connectivity index (χ0n) is 11.4. The number of aliphatic carboxylic acids is 1. The lowest BCUT2D eigenvalue weighted by molar-refractivity contribution is -0.137. The van der Waals surface area contributed by atoms with Crippen molar-refractivity contribution < 1.29 is 14.7 Å². The van der Waals surface area contributed by atoms with Gasteiger partial charge in [0.25, 0.3) is 0 Å². The molecule has 0 fully saturated rings. The van der Waals surface area contributed by atoms with E-state index in [4.69, 9.17) is 5.11 Å². The number of amides is 2. The Morgan fingerprint density at radius 1 is 1.21 bits per heavy atom. The van der Waals surface area contributed by atoms with Crippen molar-refractivity contribution in [3.05, 3.63) is 30.3 Å². The van der Waals surface area contributed by atoms with Crippen molar-refractivity contribution in [2.75, 3.05) is 25.0 Å². The third-order valence-electron chi connectivity index (χ3n) is 2.87. The lowest BCUT2D eigenvalue weighted by Gasteiger charge is -2.27. The van der Waals surface area contributed by atoms with Gasteiger partial charge in [-0.2, -0.15) is 0 Å². The highest BCUT2D eigenvalue weighted by Crippen LogP contribution is 2.16. The minimum Gasteiger partial charge on any atom is -0.481 e. The van der Waals surface area contributed by atoms with Gasteiger partial charge < -0.3 is 10.0 Å². The van der Waals surface area contributed by atoms with Crippen molar-refractivity contribution in [2.45, 2.75) is 19.8 Å². The summed E-state index contributed by atoms with van der Waals surface area (Å²) in [6, 6.07) is 9.19. The highest BCUT2D eigenvalue weighted by Gasteiger charge is 2.18. The van der Waals surface area contributed by atoms with E-state index in [-0.39, 0.29) is 12.5 Å². The molecule has 1 aromatic rings. The number of carboxylic acids is 1. The maximum Gasteiger partial charge on any atom is 0.324 e. The molecule has 2 amide bonds. The smallest absolute Gasteiger partial charge is 0.324 e. The van der Waals surface area contributed by atoms with Crippen molar-refractivity contribution in [1.29, 1.82) is 0 Å². The molecule has 19 heavy (non-hydrogen) atoms. The van der Waals surface area contributed by atoms with Crippen LogP contribution in [0.1, 0.15) is 19.8 Å². The van der Waals surface area contributed by atoms with Crippen LogP contribution in [-0.2, 0) is 4.79 Å². The number of hydrogen-bond acceptors (Lipinski definition) is 2. The Bertz CT molecular complexity index is 420. The molecule has 0 spiro atoms. The molecule has 0 aliphatic rings. The summed E-state index contributed by atoms with van der Waals surface area (Å²) in [5.74, 6) is -0.843. The molecule has 1 N–H and O–H groups in total. The summed E-state index contributed by atoms with van der Waals surface area (Å²) in [4.78, 5) is 26.0. The maximum atomic E-state index is 12.3. The quantitative estimate of drug-likeness (QED) is 0.858. The van der Waals surface area contributed by atoms with E-state index in [2.05, 4.69) is 0 Å². The number of hydrogen-bond donors (Lipinski definition) is 1. The van der Waals surface area contributed by atoms with E-state index in [9.17, 15) is 9.59 Å². The van der Waals surface area contributed by atoms with E-state index in [0.717, 1.165) is 5.69 Å². The van der Waals surface area contributed by atoms with Crippen LogP contribution in [0.25, 0.3) is 0 Å². The summed E-state index contributed by atoms with van der Waals surface area (Å²) in [7, 11) is 1.73. The number of benzene rings is 1. The number of carbonyl (C=O) groups is 2. The van der Waals surface area contributed by atoms with Gasteiger partial charge in [-0.05, 0) is 25.5 Å². The molecule has 0 aliphatic carbocycles. The lowest BCUT2D eigenvalue weighted by atomic mass is 10.2. The standard InChI is InChI=1S/C14H20N2O3/c1-3-15(2)14(19)16(11-7-10-13(17)18)12-8-5-4-6-9-12/h4-6,8-9H,3,7,10-11H2,1-2H3,(H,17,18). The summed E-state index contributed by atoms with van der Waals surface area (Å²) in [6.07, 6.45) is 0.500. The molecule has 0 bridgehead atoms. The van der Waals surface area contributed by atoms with Gasteiger partial charge in [-0.25, -0.2) is 4.79 Å². The largest absolute Gasteiger partial charge is 0.481 e. The van der Waals surface area contributed by atoms with Gasteiger partial charge in [-0.15, -0.1) is 0 Å². The number of para-hydroxylation sites is 1. The summed E-state index contributed by atoms with van der Waals surface area (Å²) in [5, 5.41) is 8.68. The van der Waals surface area contributed by atoms with Gasteiger partial charge >= 0.3 is 12.0 Å². The van der Waals surface area contributed by atoms with Crippen LogP contribution >= 0.6 is 0 Å². The fraction of sp³-hybridized carbons (Fsp3) is 0.429. The molecule has 104 valence electrons. The van der Waals surface area contributed by atoms with Crippen LogP contribution in [0.2, 0.25) is 0 Å². The fourth-order valence-electron chi connectivity index (χ4n) is 1.67. The minimum atomic E-state index is -0.843. The van der Waals surface area contributed by atoms with Gasteiger partial charge in [-0.1, -0.05) is 18.2 Å². The number of nitrogens with zero attached hydrogens (tertiary/aromatic N) is 2. The topological polar surface area (TPSA) is 60.9 Å². The Labute approximate surface area is 113 Å². The van der Waals surface area contributed by atoms with Crippen molar-refractivity contribution in [1.82, 2.24) is 4.90 Å². The second-order valence-electron chi connectivity index (χ2n) is 4.28. The van der Waals surface area contributed by atoms with Crippen LogP contribution in [0.3, 0.4) is 0 Å². The van der Waals surface area contributed by atoms with Crippen LogP contribution < -0.4 is 4.90 Å². The van der Waals surface area contributed by atoms with Crippen LogP contribution in [0.5, 0.6) is 0 Å². The predicted octanol–water partition coefficient (Wildman–Crippen LogP) is 2.43. The van der Waals surface area contributed by atoms with Gasteiger partial charge in [0.15, 0.2) is 0 Å². The molecule has 5 nitrogen and oxygen atoms in total. The van der Waals surface area contributed by atoms with Crippen molar-refractivity contribution in [2.24, 2.45) is 0 Å². The molecule has 0 unspecified atom stereocenters. The van der Waals surface area contributed by atoms with E-state index in [0.29, 0.717) is 19.5 Å². The van der Waals surface area contributed by atoms with Crippen LogP contribution in [-0.4, -0.2) is 42.1 Å². The summed E-state index contributed by atoms with van der Waals surface area (Å²) >= 11 is 0. The number of carbonyl (C=O) groups excluding carboxylic acids is 1. The minimum absolute atomic E-state index is 0.0620. The number of anilines is 1. The first-order valence-electron chi connectivity index (χ1n) is 6.35. The van der Waals surface area contributed by atoms with Gasteiger partial charge in [0.05, 0.1) is 0 Å². The molecule has 0 saturated carbocycles. The SMILES string of the molecule is CCN(C)C(=O)N(CCCC(=O)O)c1ccccc1. The van der Waals surface area contributed by atoms with Crippen LogP contribution in [0.4, 0.5) is 10.5 Å². The first-order valence-corrected chi connectivity index (χ1v) is 6.35. The Morgan fingerprint density at radius 3 is 2.37 bits per heavy atom. The van der Waals surface area contributed by atoms with Crippen molar-refractivity contribution in [3.63, 3.8) is 0 Å². The summed E-state index contributed by atoms with van der Waals surface area (Å²) in [5.41, 5.74) is 0.790. The molecule has 0 radical (unpaired) electrons. The molecule has 5 heteroatoms. The van der Waals surface area contributed by atoms with Crippen LogP contribution in [0.15, 0.2) is 30.3 Å². The van der Waals surface area contributed by atoms with Gasteiger partial charge in [0.2, 0.25) is 0 Å². The predicted molar refractivity (Wildman–Crippen MR) is 74.4 cm³/mol. The fourth-order valence-corrected chi connectivity index (χ4v) is 1.67. The molecule has 0 atom stereocenters. The normalized spacial score (nSPS) is 10.0. The Hall–Kier alpha value is -2.04. The zero-order valence-corrected chi connectivity index (χ0v) is 11.4. The van der Waals surface area contributed by atoms with Gasteiger partial charge in [0.1, 0.15) is 0 Å². The first-order chi connectivity index (χ1) is 9.06. The Kier molecular flexibility index (Phi) is 5.85. The first kappa shape index (κ1) is 15.0. The number of carboxylic acid groups (broad SMARTS) is 1. The molecule has 0 aromatic heterocycles. The highest BCUT2D eigenvalue weighted by molar-refractivity contribution is 5.91. The van der Waals surface area contributed by atoms with E-state index < -0.39 is 5.97 Å². The van der Waals surface area contributed by atoms with Gasteiger partial charge in [0, 0.05) is 32.2 Å². The second-order valence-corrected chi connectivity index (χ2v) is 4.28. The average Bonchev–Trinajstić information content (AvgIpc) is 2.42. The average molecular weight is 264 g/mol. The summed E-state index contributed by atoms with van der Waals surface area (Å²) in [6.45, 7) is 2.92. The molecule has 0 heterocycles. The highest BCUT2D eigenvalue weighted by atomic mass is 16.4. The number of rotatable bonds is 6. The second kappa shape index (κ2) is 7.41. The zero-order chi connectivity index (χ0) is 14.3. The van der Waals surface area contributed by atoms with Crippen molar-refractivity contribution >= 4 is 17.7 Å². The van der Waals surface area contributed by atoms with E-state index in [1.165, 1.54) is 0 Å². The molecular weight excluding hydrogens is 244 g/mol. The third kappa shape index (κ3) is 4.62. The lowest BCUT2D eigenvalue weighted by Crippen LogP contribution is -2.41. The van der Waals surface area contributed by atoms with E-state index in [1.807, 2.05) is 37.3 Å². The summed E-state index contributed by atoms with van der Waals surface area (Å²) < 4.78 is 0. The molecule has 0 saturated heterocycles. The number of urea groups is 1. The van der Waals surface area contributed by atoms with E-state index >= 15 is 0 Å². The molecule has 1 aromatic carbocycles. The monoisotopic (exact) mass is 264 g/mol.